The summed E-state index contributed by atoms with van der Waals surface area (Å²) in [6.07, 6.45) is 0. The lowest BCUT2D eigenvalue weighted by Crippen LogP contribution is -2.33. The van der Waals surface area contributed by atoms with E-state index in [1.165, 1.54) is 0 Å². The largest absolute Gasteiger partial charge is 0.497 e. The maximum absolute atomic E-state index is 6.21. The van der Waals surface area contributed by atoms with Gasteiger partial charge in [0, 0.05) is 15.6 Å². The van der Waals surface area contributed by atoms with Gasteiger partial charge in [-0.3, -0.25) is 0 Å². The number of hydrogen-bond acceptors (Lipinski definition) is 3. The number of halogens is 1. The summed E-state index contributed by atoms with van der Waals surface area (Å²) in [4.78, 5) is 4.66. The van der Waals surface area contributed by atoms with Gasteiger partial charge < -0.3 is 9.47 Å². The Kier molecular flexibility index (Phi) is 3.89. The van der Waals surface area contributed by atoms with Gasteiger partial charge in [0.2, 0.25) is 5.90 Å². The van der Waals surface area contributed by atoms with Gasteiger partial charge in [0.15, 0.2) is 0 Å². The Labute approximate surface area is 138 Å². The Morgan fingerprint density at radius 3 is 2.52 bits per heavy atom. The number of ether oxygens (including phenoxy) is 2. The molecule has 0 aliphatic carbocycles. The normalized spacial score (nSPS) is 20.2. The summed E-state index contributed by atoms with van der Waals surface area (Å²) < 4.78 is 12.3. The number of hydrogen-bond donors (Lipinski definition) is 0. The van der Waals surface area contributed by atoms with Crippen molar-refractivity contribution in [3.8, 4) is 5.75 Å². The summed E-state index contributed by atoms with van der Waals surface area (Å²) in [5.74, 6) is 1.49. The summed E-state index contributed by atoms with van der Waals surface area (Å²) in [6, 6.07) is 15.9. The molecular weight excluding hydrogens is 377 g/mol. The molecule has 0 saturated carbocycles. The topological polar surface area (TPSA) is 30.8 Å². The highest BCUT2D eigenvalue weighted by Gasteiger charge is 2.35. The zero-order valence-electron chi connectivity index (χ0n) is 12.0. The molecule has 3 nitrogen and oxygen atoms in total. The minimum absolute atomic E-state index is 0.353. The van der Waals surface area contributed by atoms with Crippen LogP contribution in [0.25, 0.3) is 0 Å². The predicted molar refractivity (Wildman–Crippen MR) is 93.0 cm³/mol. The Bertz CT molecular complexity index is 681. The molecule has 0 radical (unpaired) electrons. The zero-order valence-corrected chi connectivity index (χ0v) is 14.1. The minimum atomic E-state index is -0.353. The second kappa shape index (κ2) is 5.67. The van der Waals surface area contributed by atoms with E-state index in [0.29, 0.717) is 5.90 Å². The van der Waals surface area contributed by atoms with Crippen LogP contribution in [-0.2, 0) is 10.3 Å². The third-order valence-corrected chi connectivity index (χ3v) is 5.07. The summed E-state index contributed by atoms with van der Waals surface area (Å²) in [5.41, 5.74) is 2.72. The van der Waals surface area contributed by atoms with E-state index in [1.54, 1.807) is 7.11 Å². The highest BCUT2D eigenvalue weighted by atomic mass is 127. The molecule has 21 heavy (non-hydrogen) atoms. The zero-order chi connectivity index (χ0) is 14.9. The van der Waals surface area contributed by atoms with Gasteiger partial charge in [0.1, 0.15) is 11.4 Å². The van der Waals surface area contributed by atoms with Crippen molar-refractivity contribution in [2.45, 2.75) is 12.5 Å². The van der Waals surface area contributed by atoms with Gasteiger partial charge in [0.25, 0.3) is 0 Å². The van der Waals surface area contributed by atoms with E-state index in [-0.39, 0.29) is 5.60 Å². The summed E-state index contributed by atoms with van der Waals surface area (Å²) in [6.45, 7) is 2.11. The van der Waals surface area contributed by atoms with Crippen LogP contribution in [0.3, 0.4) is 0 Å². The fourth-order valence-electron chi connectivity index (χ4n) is 2.38. The molecule has 108 valence electrons. The summed E-state index contributed by atoms with van der Waals surface area (Å²) >= 11 is 2.36. The van der Waals surface area contributed by atoms with E-state index in [2.05, 4.69) is 40.6 Å². The number of benzene rings is 2. The fourth-order valence-corrected chi connectivity index (χ4v) is 2.94. The van der Waals surface area contributed by atoms with Crippen LogP contribution in [0, 0.1) is 0 Å². The minimum Gasteiger partial charge on any atom is -0.497 e. The number of para-hydroxylation sites is 1. The maximum atomic E-state index is 6.21. The highest BCUT2D eigenvalue weighted by molar-refractivity contribution is 14.1. The van der Waals surface area contributed by atoms with E-state index < -0.39 is 0 Å². The molecule has 0 aromatic heterocycles. The standard InChI is InChI=1S/C17H16INO2/c1-17(11-18)14-5-3-4-6-15(14)19-16(21-17)12-7-9-13(20-2)10-8-12/h3-10H,11H2,1-2H3. The number of rotatable bonds is 3. The van der Waals surface area contributed by atoms with Crippen molar-refractivity contribution in [2.75, 3.05) is 11.5 Å². The third kappa shape index (κ3) is 2.64. The molecule has 1 aliphatic heterocycles. The van der Waals surface area contributed by atoms with E-state index in [4.69, 9.17) is 9.47 Å². The third-order valence-electron chi connectivity index (χ3n) is 3.61. The van der Waals surface area contributed by atoms with E-state index in [0.717, 1.165) is 27.0 Å². The molecule has 4 heteroatoms. The van der Waals surface area contributed by atoms with Gasteiger partial charge in [-0.1, -0.05) is 40.8 Å². The molecule has 0 fully saturated rings. The van der Waals surface area contributed by atoms with Gasteiger partial charge in [-0.2, -0.15) is 0 Å². The van der Waals surface area contributed by atoms with Crippen LogP contribution in [0.1, 0.15) is 18.1 Å². The van der Waals surface area contributed by atoms with Gasteiger partial charge in [0.05, 0.1) is 12.8 Å². The summed E-state index contributed by atoms with van der Waals surface area (Å²) in [7, 11) is 1.66. The average Bonchev–Trinajstić information content (AvgIpc) is 2.55. The second-order valence-corrected chi connectivity index (χ2v) is 5.89. The van der Waals surface area contributed by atoms with Crippen molar-refractivity contribution < 1.29 is 9.47 Å². The van der Waals surface area contributed by atoms with Crippen molar-refractivity contribution in [3.05, 3.63) is 59.7 Å². The van der Waals surface area contributed by atoms with Gasteiger partial charge in [-0.05, 0) is 37.3 Å². The number of nitrogens with zero attached hydrogens (tertiary/aromatic N) is 1. The molecule has 2 aromatic rings. The molecule has 1 atom stereocenters. The van der Waals surface area contributed by atoms with Crippen LogP contribution in [0.4, 0.5) is 5.69 Å². The summed E-state index contributed by atoms with van der Waals surface area (Å²) in [5, 5.41) is 0. The molecule has 0 N–H and O–H groups in total. The van der Waals surface area contributed by atoms with Crippen molar-refractivity contribution in [1.29, 1.82) is 0 Å². The van der Waals surface area contributed by atoms with Crippen LogP contribution in [-0.4, -0.2) is 17.4 Å². The predicted octanol–water partition coefficient (Wildman–Crippen LogP) is 4.45. The Morgan fingerprint density at radius 2 is 1.86 bits per heavy atom. The van der Waals surface area contributed by atoms with Crippen molar-refractivity contribution in [1.82, 2.24) is 0 Å². The number of alkyl halides is 1. The number of methoxy groups -OCH3 is 1. The van der Waals surface area contributed by atoms with E-state index in [1.807, 2.05) is 42.5 Å². The Morgan fingerprint density at radius 1 is 1.14 bits per heavy atom. The fraction of sp³-hybridized carbons (Fsp3) is 0.235. The first-order valence-corrected chi connectivity index (χ1v) is 8.26. The average molecular weight is 393 g/mol. The first-order chi connectivity index (χ1) is 10.2. The second-order valence-electron chi connectivity index (χ2n) is 5.13. The van der Waals surface area contributed by atoms with E-state index in [9.17, 15) is 0 Å². The molecule has 1 heterocycles. The maximum Gasteiger partial charge on any atom is 0.222 e. The lowest BCUT2D eigenvalue weighted by Gasteiger charge is -2.34. The first-order valence-electron chi connectivity index (χ1n) is 6.74. The van der Waals surface area contributed by atoms with Crippen LogP contribution >= 0.6 is 22.6 Å². The molecule has 0 bridgehead atoms. The Hall–Kier alpha value is -1.56. The van der Waals surface area contributed by atoms with Crippen LogP contribution in [0.15, 0.2) is 53.5 Å². The van der Waals surface area contributed by atoms with Crippen molar-refractivity contribution >= 4 is 34.2 Å². The smallest absolute Gasteiger partial charge is 0.222 e. The van der Waals surface area contributed by atoms with Crippen LogP contribution in [0.5, 0.6) is 5.75 Å². The molecule has 0 saturated heterocycles. The lowest BCUT2D eigenvalue weighted by molar-refractivity contribution is 0.0999. The highest BCUT2D eigenvalue weighted by Crippen LogP contribution is 2.39. The number of aliphatic imine (C=N–C) groups is 1. The molecule has 3 rings (SSSR count). The molecule has 0 spiro atoms. The van der Waals surface area contributed by atoms with Gasteiger partial charge >= 0.3 is 0 Å². The first kappa shape index (κ1) is 14.4. The van der Waals surface area contributed by atoms with Gasteiger partial charge in [-0.25, -0.2) is 4.99 Å². The van der Waals surface area contributed by atoms with Gasteiger partial charge in [-0.15, -0.1) is 0 Å². The molecular formula is C17H16INO2. The quantitative estimate of drug-likeness (QED) is 0.570. The molecule has 2 aromatic carbocycles. The molecule has 1 unspecified atom stereocenters. The van der Waals surface area contributed by atoms with E-state index >= 15 is 0 Å². The molecule has 1 aliphatic rings. The Balaban J connectivity index is 2.06. The number of fused-ring (bicyclic) bond motifs is 1. The van der Waals surface area contributed by atoms with Crippen molar-refractivity contribution in [2.24, 2.45) is 4.99 Å². The lowest BCUT2D eigenvalue weighted by atomic mass is 9.94. The monoisotopic (exact) mass is 393 g/mol. The van der Waals surface area contributed by atoms with Crippen molar-refractivity contribution in [3.63, 3.8) is 0 Å². The van der Waals surface area contributed by atoms with Crippen LogP contribution < -0.4 is 4.74 Å². The van der Waals surface area contributed by atoms with Crippen LogP contribution in [0.2, 0.25) is 0 Å². The molecule has 0 amide bonds. The SMILES string of the molecule is COc1ccc(C2=Nc3ccccc3C(C)(CI)O2)cc1.